The van der Waals surface area contributed by atoms with Crippen molar-refractivity contribution in [1.82, 2.24) is 15.2 Å². The first kappa shape index (κ1) is 17.5. The van der Waals surface area contributed by atoms with Gasteiger partial charge in [-0.1, -0.05) is 29.8 Å². The molecule has 2 N–H and O–H groups in total. The molecule has 0 saturated carbocycles. The van der Waals surface area contributed by atoms with Gasteiger partial charge in [-0.3, -0.25) is 0 Å². The molecule has 0 aliphatic heterocycles. The number of aromatic nitrogens is 3. The molecule has 2 heterocycles. The molecule has 0 saturated heterocycles. The van der Waals surface area contributed by atoms with Crippen LogP contribution in [0.15, 0.2) is 59.5 Å². The van der Waals surface area contributed by atoms with Crippen LogP contribution in [0, 0.1) is 0 Å². The lowest BCUT2D eigenvalue weighted by Gasteiger charge is -2.11. The van der Waals surface area contributed by atoms with Crippen molar-refractivity contribution in [2.45, 2.75) is 13.0 Å². The summed E-state index contributed by atoms with van der Waals surface area (Å²) in [6, 6.07) is 13.4. The van der Waals surface area contributed by atoms with Crippen molar-refractivity contribution in [3.8, 4) is 11.3 Å². The quantitative estimate of drug-likeness (QED) is 0.524. The maximum atomic E-state index is 9.66. The molecule has 4 rings (SSSR count). The number of halogens is 1. The normalized spacial score (nSPS) is 11.0. The smallest absolute Gasteiger partial charge is 0.181 e. The summed E-state index contributed by atoms with van der Waals surface area (Å²) in [6.45, 7) is 0.548. The molecule has 0 aliphatic carbocycles. The highest BCUT2D eigenvalue weighted by atomic mass is 35.5. The summed E-state index contributed by atoms with van der Waals surface area (Å²) < 4.78 is 5.32. The number of aliphatic hydroxyl groups excluding tert-OH is 1. The topological polar surface area (TPSA) is 84.1 Å². The van der Waals surface area contributed by atoms with Gasteiger partial charge in [0.2, 0.25) is 0 Å². The van der Waals surface area contributed by atoms with Crippen LogP contribution in [0.25, 0.3) is 22.2 Å². The monoisotopic (exact) mass is 380 g/mol. The van der Waals surface area contributed by atoms with E-state index in [1.54, 1.807) is 6.20 Å². The summed E-state index contributed by atoms with van der Waals surface area (Å²) in [5, 5.41) is 23.0. The molecular formula is C20H17ClN4O2. The number of fused-ring (bicyclic) bond motifs is 1. The second kappa shape index (κ2) is 7.73. The van der Waals surface area contributed by atoms with E-state index < -0.39 is 0 Å². The van der Waals surface area contributed by atoms with E-state index in [0.29, 0.717) is 23.7 Å². The van der Waals surface area contributed by atoms with Gasteiger partial charge in [0, 0.05) is 29.6 Å². The van der Waals surface area contributed by atoms with Crippen molar-refractivity contribution in [3.05, 3.63) is 71.3 Å². The number of aliphatic hydroxyl groups is 1. The Balaban J connectivity index is 1.47. The summed E-state index contributed by atoms with van der Waals surface area (Å²) in [6.07, 6.45) is 3.63. The number of hydrogen-bond acceptors (Lipinski definition) is 6. The highest BCUT2D eigenvalue weighted by molar-refractivity contribution is 6.35. The average molecular weight is 381 g/mol. The summed E-state index contributed by atoms with van der Waals surface area (Å²) in [7, 11) is 0. The first-order valence-corrected chi connectivity index (χ1v) is 8.90. The second-order valence-electron chi connectivity index (χ2n) is 6.05. The van der Waals surface area contributed by atoms with E-state index in [1.165, 1.54) is 6.39 Å². The van der Waals surface area contributed by atoms with Crippen LogP contribution in [0.2, 0.25) is 5.02 Å². The molecule has 4 aromatic rings. The van der Waals surface area contributed by atoms with E-state index in [0.717, 1.165) is 33.4 Å². The van der Waals surface area contributed by atoms with Crippen molar-refractivity contribution < 1.29 is 9.52 Å². The Hall–Kier alpha value is -2.96. The van der Waals surface area contributed by atoms with E-state index in [1.807, 2.05) is 42.5 Å². The van der Waals surface area contributed by atoms with Crippen LogP contribution >= 0.6 is 11.6 Å². The third kappa shape index (κ3) is 3.63. The van der Waals surface area contributed by atoms with Gasteiger partial charge < -0.3 is 14.8 Å². The Labute approximate surface area is 160 Å². The molecule has 2 aromatic heterocycles. The van der Waals surface area contributed by atoms with E-state index in [9.17, 15) is 5.11 Å². The minimum absolute atomic E-state index is 0.0898. The number of hydrogen-bond donors (Lipinski definition) is 2. The minimum Gasteiger partial charge on any atom is -0.444 e. The Morgan fingerprint density at radius 3 is 2.81 bits per heavy atom. The molecule has 6 nitrogen and oxygen atoms in total. The second-order valence-corrected chi connectivity index (χ2v) is 6.43. The van der Waals surface area contributed by atoms with E-state index in [4.69, 9.17) is 16.0 Å². The lowest BCUT2D eigenvalue weighted by molar-refractivity contribution is 0.282. The zero-order chi connectivity index (χ0) is 18.6. The molecule has 136 valence electrons. The molecule has 0 spiro atoms. The van der Waals surface area contributed by atoms with Gasteiger partial charge in [0.15, 0.2) is 12.2 Å². The van der Waals surface area contributed by atoms with Gasteiger partial charge in [-0.25, -0.2) is 4.98 Å². The number of oxazole rings is 1. The summed E-state index contributed by atoms with van der Waals surface area (Å²) in [5.74, 6) is 0.629. The molecular weight excluding hydrogens is 364 g/mol. The molecule has 0 bridgehead atoms. The van der Waals surface area contributed by atoms with Gasteiger partial charge in [0.1, 0.15) is 0 Å². The molecule has 0 amide bonds. The maximum absolute atomic E-state index is 9.66. The summed E-state index contributed by atoms with van der Waals surface area (Å²) >= 11 is 6.47. The van der Waals surface area contributed by atoms with Crippen LogP contribution in [-0.4, -0.2) is 26.8 Å². The highest BCUT2D eigenvalue weighted by Gasteiger charge is 2.10. The number of nitrogens with zero attached hydrogens (tertiary/aromatic N) is 3. The van der Waals surface area contributed by atoms with Crippen LogP contribution in [-0.2, 0) is 13.0 Å². The van der Waals surface area contributed by atoms with Crippen molar-refractivity contribution in [2.24, 2.45) is 0 Å². The molecule has 2 aromatic carbocycles. The Morgan fingerprint density at radius 2 is 2.00 bits per heavy atom. The van der Waals surface area contributed by atoms with Crippen molar-refractivity contribution in [2.75, 3.05) is 11.9 Å². The van der Waals surface area contributed by atoms with Gasteiger partial charge in [-0.15, -0.1) is 0 Å². The minimum atomic E-state index is -0.0898. The standard InChI is InChI=1S/C20H17ClN4O2/c21-20-16-3-1-2-4-17(16)24-25-18(20)7-8-23-14-5-6-15(13(9-14)11-26)19-10-22-12-27-19/h1-6,9-10,12,23,26H,7-8,11H2. The summed E-state index contributed by atoms with van der Waals surface area (Å²) in [4.78, 5) is 3.92. The third-order valence-corrected chi connectivity index (χ3v) is 4.76. The van der Waals surface area contributed by atoms with Crippen molar-refractivity contribution >= 4 is 28.2 Å². The van der Waals surface area contributed by atoms with Crippen LogP contribution in [0.4, 0.5) is 5.69 Å². The zero-order valence-electron chi connectivity index (χ0n) is 14.4. The lowest BCUT2D eigenvalue weighted by Crippen LogP contribution is -2.08. The predicted octanol–water partition coefficient (Wildman–Crippen LogP) is 4.09. The van der Waals surface area contributed by atoms with Gasteiger partial charge in [-0.2, -0.15) is 10.2 Å². The number of anilines is 1. The molecule has 27 heavy (non-hydrogen) atoms. The SMILES string of the molecule is OCc1cc(NCCc2nnc3ccccc3c2Cl)ccc1-c1cnco1. The van der Waals surface area contributed by atoms with E-state index in [2.05, 4.69) is 20.5 Å². The van der Waals surface area contributed by atoms with Gasteiger partial charge in [-0.05, 0) is 29.8 Å². The lowest BCUT2D eigenvalue weighted by atomic mass is 10.1. The first-order chi connectivity index (χ1) is 13.3. The van der Waals surface area contributed by atoms with Gasteiger partial charge >= 0.3 is 0 Å². The molecule has 0 unspecified atom stereocenters. The van der Waals surface area contributed by atoms with Crippen molar-refractivity contribution in [1.29, 1.82) is 0 Å². The Kier molecular flexibility index (Phi) is 5.00. The van der Waals surface area contributed by atoms with E-state index in [-0.39, 0.29) is 6.61 Å². The molecule has 7 heteroatoms. The number of rotatable bonds is 6. The predicted molar refractivity (Wildman–Crippen MR) is 105 cm³/mol. The van der Waals surface area contributed by atoms with E-state index >= 15 is 0 Å². The highest BCUT2D eigenvalue weighted by Crippen LogP contribution is 2.27. The van der Waals surface area contributed by atoms with Crippen LogP contribution in [0.5, 0.6) is 0 Å². The number of nitrogens with one attached hydrogen (secondary N) is 1. The largest absolute Gasteiger partial charge is 0.444 e. The Bertz CT molecular complexity index is 1070. The maximum Gasteiger partial charge on any atom is 0.181 e. The van der Waals surface area contributed by atoms with Gasteiger partial charge in [0.05, 0.1) is 29.0 Å². The Morgan fingerprint density at radius 1 is 1.11 bits per heavy atom. The first-order valence-electron chi connectivity index (χ1n) is 8.52. The average Bonchev–Trinajstić information content (AvgIpc) is 3.24. The van der Waals surface area contributed by atoms with Gasteiger partial charge in [0.25, 0.3) is 0 Å². The number of benzene rings is 2. The molecule has 0 atom stereocenters. The third-order valence-electron chi connectivity index (χ3n) is 4.34. The van der Waals surface area contributed by atoms with Crippen LogP contribution < -0.4 is 5.32 Å². The van der Waals surface area contributed by atoms with Crippen LogP contribution in [0.1, 0.15) is 11.3 Å². The fraction of sp³-hybridized carbons (Fsp3) is 0.150. The molecule has 0 radical (unpaired) electrons. The zero-order valence-corrected chi connectivity index (χ0v) is 15.1. The molecule has 0 aliphatic rings. The van der Waals surface area contributed by atoms with Crippen LogP contribution in [0.3, 0.4) is 0 Å². The van der Waals surface area contributed by atoms with Crippen molar-refractivity contribution in [3.63, 3.8) is 0 Å². The summed E-state index contributed by atoms with van der Waals surface area (Å²) in [5.41, 5.74) is 4.02. The molecule has 0 fully saturated rings. The fourth-order valence-corrected chi connectivity index (χ4v) is 3.26. The fourth-order valence-electron chi connectivity index (χ4n) is 2.97.